The first-order valence-corrected chi connectivity index (χ1v) is 13.2. The van der Waals surface area contributed by atoms with E-state index in [1.165, 1.54) is 4.57 Å². The molecule has 0 radical (unpaired) electrons. The number of carbonyl (C=O) groups is 2. The molecular formula is C27H35N5O6. The molecule has 11 nitrogen and oxygen atoms in total. The Labute approximate surface area is 221 Å². The number of nitrogen functional groups attached to an aromatic ring is 1. The van der Waals surface area contributed by atoms with Crippen molar-refractivity contribution in [3.63, 3.8) is 0 Å². The van der Waals surface area contributed by atoms with E-state index in [2.05, 4.69) is 4.98 Å². The number of carbonyl (C=O) groups excluding carboxylic acids is 2. The number of nitrogens with two attached hydrogens (primary N) is 1. The summed E-state index contributed by atoms with van der Waals surface area (Å²) in [6, 6.07) is 8.10. The molecule has 1 spiro atoms. The highest BCUT2D eigenvalue weighted by atomic mass is 16.5. The van der Waals surface area contributed by atoms with Crippen LogP contribution in [0.5, 0.6) is 5.75 Å². The number of nitrogens with zero attached hydrogens (tertiary/aromatic N) is 4. The number of hydrogen-bond acceptors (Lipinski definition) is 8. The summed E-state index contributed by atoms with van der Waals surface area (Å²) in [5.74, 6) is 0.908. The lowest BCUT2D eigenvalue weighted by molar-refractivity contribution is -0.199. The van der Waals surface area contributed by atoms with Crippen LogP contribution >= 0.6 is 0 Å². The Morgan fingerprint density at radius 2 is 1.92 bits per heavy atom. The second-order valence-corrected chi connectivity index (χ2v) is 10.7. The lowest BCUT2D eigenvalue weighted by Crippen LogP contribution is -2.58. The molecule has 3 aliphatic heterocycles. The summed E-state index contributed by atoms with van der Waals surface area (Å²) in [4.78, 5) is 44.8. The molecule has 1 aromatic carbocycles. The van der Waals surface area contributed by atoms with Crippen LogP contribution in [-0.2, 0) is 9.53 Å². The maximum Gasteiger partial charge on any atom is 0.349 e. The van der Waals surface area contributed by atoms with Crippen molar-refractivity contribution in [3.8, 4) is 5.75 Å². The number of benzene rings is 1. The van der Waals surface area contributed by atoms with Crippen LogP contribution in [0.3, 0.4) is 0 Å². The fourth-order valence-electron chi connectivity index (χ4n) is 5.64. The number of rotatable bonds is 6. The van der Waals surface area contributed by atoms with E-state index < -0.39 is 22.9 Å². The summed E-state index contributed by atoms with van der Waals surface area (Å²) >= 11 is 0. The minimum absolute atomic E-state index is 0.0626. The van der Waals surface area contributed by atoms with Crippen molar-refractivity contribution in [2.75, 3.05) is 45.1 Å². The van der Waals surface area contributed by atoms with E-state index in [-0.39, 0.29) is 24.2 Å². The third-order valence-corrected chi connectivity index (χ3v) is 8.01. The van der Waals surface area contributed by atoms with Crippen molar-refractivity contribution in [1.82, 2.24) is 19.4 Å². The van der Waals surface area contributed by atoms with Crippen LogP contribution in [0.2, 0.25) is 0 Å². The van der Waals surface area contributed by atoms with Crippen LogP contribution in [0.25, 0.3) is 0 Å². The number of hydrogen-bond donors (Lipinski definition) is 2. The zero-order chi connectivity index (χ0) is 26.9. The predicted octanol–water partition coefficient (Wildman–Crippen LogP) is 1.21. The van der Waals surface area contributed by atoms with Crippen molar-refractivity contribution in [3.05, 3.63) is 52.6 Å². The average molecular weight is 526 g/mol. The molecule has 2 amide bonds. The lowest BCUT2D eigenvalue weighted by Gasteiger charge is -2.51. The summed E-state index contributed by atoms with van der Waals surface area (Å²) in [6.45, 7) is 4.52. The zero-order valence-corrected chi connectivity index (χ0v) is 21.7. The molecule has 11 heteroatoms. The van der Waals surface area contributed by atoms with Crippen molar-refractivity contribution >= 4 is 17.6 Å². The Kier molecular flexibility index (Phi) is 7.15. The second kappa shape index (κ2) is 10.4. The molecule has 0 aliphatic carbocycles. The second-order valence-electron chi connectivity index (χ2n) is 10.7. The third kappa shape index (κ3) is 5.39. The number of likely N-dealkylation sites (tertiary alicyclic amines) is 2. The van der Waals surface area contributed by atoms with Gasteiger partial charge in [0.15, 0.2) is 0 Å². The number of anilines is 1. The van der Waals surface area contributed by atoms with E-state index in [9.17, 15) is 19.5 Å². The van der Waals surface area contributed by atoms with Crippen LogP contribution in [0.1, 0.15) is 55.4 Å². The standard InChI is InChI=1S/C27H35N5O6/c1-26(36)18-38-27(17-21(26)32-12-8-22(28)29-25(32)35)9-13-31(14-10-27)24(34)19-4-6-20(7-5-19)37-16-15-30-11-2-3-23(30)33/h4-8,12,21,36H,2-3,9-11,13-18H2,1H3,(H2,28,29,35)/t21-,26-/m0/s1. The number of aliphatic hydroxyl groups is 1. The van der Waals surface area contributed by atoms with E-state index in [4.69, 9.17) is 15.2 Å². The molecule has 3 N–H and O–H groups in total. The molecule has 0 saturated carbocycles. The van der Waals surface area contributed by atoms with Crippen molar-refractivity contribution in [2.45, 2.75) is 56.3 Å². The Morgan fingerprint density at radius 3 is 2.58 bits per heavy atom. The van der Waals surface area contributed by atoms with Gasteiger partial charge in [0.25, 0.3) is 5.91 Å². The monoisotopic (exact) mass is 525 g/mol. The fourth-order valence-corrected chi connectivity index (χ4v) is 5.64. The van der Waals surface area contributed by atoms with Crippen LogP contribution in [-0.4, -0.2) is 86.9 Å². The van der Waals surface area contributed by atoms with Gasteiger partial charge in [0.05, 0.1) is 24.8 Å². The quantitative estimate of drug-likeness (QED) is 0.574. The molecule has 1 aromatic heterocycles. The molecule has 204 valence electrons. The first-order valence-electron chi connectivity index (χ1n) is 13.2. The summed E-state index contributed by atoms with van der Waals surface area (Å²) < 4.78 is 13.4. The van der Waals surface area contributed by atoms with E-state index in [0.29, 0.717) is 63.2 Å². The van der Waals surface area contributed by atoms with Gasteiger partial charge < -0.3 is 30.1 Å². The van der Waals surface area contributed by atoms with Gasteiger partial charge in [0, 0.05) is 44.2 Å². The smallest absolute Gasteiger partial charge is 0.349 e. The number of amides is 2. The first kappa shape index (κ1) is 26.2. The molecule has 0 bridgehead atoms. The average Bonchev–Trinajstić information content (AvgIpc) is 3.31. The molecule has 38 heavy (non-hydrogen) atoms. The molecule has 2 atom stereocenters. The highest BCUT2D eigenvalue weighted by molar-refractivity contribution is 5.94. The molecule has 5 rings (SSSR count). The maximum absolute atomic E-state index is 13.2. The lowest BCUT2D eigenvalue weighted by atomic mass is 9.77. The van der Waals surface area contributed by atoms with Crippen LogP contribution in [0, 0.1) is 0 Å². The Morgan fingerprint density at radius 1 is 1.18 bits per heavy atom. The van der Waals surface area contributed by atoms with E-state index >= 15 is 0 Å². The maximum atomic E-state index is 13.2. The number of ether oxygens (including phenoxy) is 2. The van der Waals surface area contributed by atoms with Crippen LogP contribution in [0.15, 0.2) is 41.3 Å². The first-order chi connectivity index (χ1) is 18.2. The number of piperidine rings is 1. The fraction of sp³-hybridized carbons (Fsp3) is 0.556. The topological polar surface area (TPSA) is 140 Å². The van der Waals surface area contributed by atoms with Gasteiger partial charge in [0.1, 0.15) is 23.8 Å². The van der Waals surface area contributed by atoms with E-state index in [1.54, 1.807) is 43.5 Å². The Balaban J connectivity index is 1.17. The predicted molar refractivity (Wildman–Crippen MR) is 139 cm³/mol. The van der Waals surface area contributed by atoms with Crippen molar-refractivity contribution < 1.29 is 24.2 Å². The molecule has 3 fully saturated rings. The largest absolute Gasteiger partial charge is 0.492 e. The van der Waals surface area contributed by atoms with Gasteiger partial charge >= 0.3 is 5.69 Å². The van der Waals surface area contributed by atoms with Gasteiger partial charge in [-0.15, -0.1) is 0 Å². The van der Waals surface area contributed by atoms with Gasteiger partial charge in [-0.2, -0.15) is 4.98 Å². The third-order valence-electron chi connectivity index (χ3n) is 8.01. The number of aromatic nitrogens is 2. The summed E-state index contributed by atoms with van der Waals surface area (Å²) in [7, 11) is 0. The van der Waals surface area contributed by atoms with Crippen LogP contribution < -0.4 is 16.2 Å². The van der Waals surface area contributed by atoms with Gasteiger partial charge in [-0.05, 0) is 56.5 Å². The highest BCUT2D eigenvalue weighted by Gasteiger charge is 2.49. The molecule has 2 aromatic rings. The summed E-state index contributed by atoms with van der Waals surface area (Å²) in [5, 5.41) is 11.0. The van der Waals surface area contributed by atoms with Gasteiger partial charge in [-0.25, -0.2) is 4.79 Å². The minimum Gasteiger partial charge on any atom is -0.492 e. The summed E-state index contributed by atoms with van der Waals surface area (Å²) in [5.41, 5.74) is 3.93. The van der Waals surface area contributed by atoms with Gasteiger partial charge in [-0.1, -0.05) is 0 Å². The SMILES string of the molecule is C[C@]1(O)COC2(CCN(C(=O)c3ccc(OCCN4CCCC4=O)cc3)CC2)C[C@@H]1n1ccc(N)nc1=O. The Bertz CT molecular complexity index is 1240. The van der Waals surface area contributed by atoms with Gasteiger partial charge in [-0.3, -0.25) is 14.2 Å². The highest BCUT2D eigenvalue weighted by Crippen LogP contribution is 2.43. The minimum atomic E-state index is -1.24. The van der Waals surface area contributed by atoms with Gasteiger partial charge in [0.2, 0.25) is 5.91 Å². The Hall–Kier alpha value is -3.44. The molecular weight excluding hydrogens is 490 g/mol. The van der Waals surface area contributed by atoms with Crippen LogP contribution in [0.4, 0.5) is 5.82 Å². The molecule has 4 heterocycles. The molecule has 3 aliphatic rings. The molecule has 0 unspecified atom stereocenters. The normalized spacial score (nSPS) is 25.1. The zero-order valence-electron chi connectivity index (χ0n) is 21.7. The van der Waals surface area contributed by atoms with Crippen molar-refractivity contribution in [1.29, 1.82) is 0 Å². The van der Waals surface area contributed by atoms with E-state index in [1.807, 2.05) is 9.80 Å². The molecule has 3 saturated heterocycles. The van der Waals surface area contributed by atoms with Crippen molar-refractivity contribution in [2.24, 2.45) is 0 Å². The van der Waals surface area contributed by atoms with E-state index in [0.717, 1.165) is 13.0 Å². The summed E-state index contributed by atoms with van der Waals surface area (Å²) in [6.07, 6.45) is 4.71.